The summed E-state index contributed by atoms with van der Waals surface area (Å²) in [6.45, 7) is 2.34. The fraction of sp³-hybridized carbons (Fsp3) is 0.733. The van der Waals surface area contributed by atoms with Gasteiger partial charge < -0.3 is 4.90 Å². The van der Waals surface area contributed by atoms with Gasteiger partial charge in [0.2, 0.25) is 0 Å². The summed E-state index contributed by atoms with van der Waals surface area (Å²) in [6.07, 6.45) is 7.87. The number of fused-ring (bicyclic) bond motifs is 1. The van der Waals surface area contributed by atoms with Crippen molar-refractivity contribution in [1.29, 1.82) is 0 Å². The third kappa shape index (κ3) is 2.55. The smallest absolute Gasteiger partial charge is 0.186 e. The monoisotopic (exact) mass is 278 g/mol. The van der Waals surface area contributed by atoms with Gasteiger partial charge >= 0.3 is 0 Å². The number of anilines is 1. The Bertz CT molecular complexity index is 474. The second-order valence-corrected chi connectivity index (χ2v) is 7.13. The van der Waals surface area contributed by atoms with Crippen molar-refractivity contribution in [3.8, 4) is 0 Å². The Morgan fingerprint density at radius 3 is 2.63 bits per heavy atom. The van der Waals surface area contributed by atoms with Gasteiger partial charge in [-0.1, -0.05) is 6.92 Å². The van der Waals surface area contributed by atoms with Gasteiger partial charge in [0.15, 0.2) is 10.9 Å². The number of aryl methyl sites for hydroxylation is 1. The van der Waals surface area contributed by atoms with Gasteiger partial charge in [-0.05, 0) is 44.4 Å². The average molecular weight is 278 g/mol. The Hall–Kier alpha value is -0.900. The molecule has 3 nitrogen and oxygen atoms in total. The average Bonchev–Trinajstić information content (AvgIpc) is 2.84. The van der Waals surface area contributed by atoms with Crippen molar-refractivity contribution < 1.29 is 4.79 Å². The third-order valence-corrected chi connectivity index (χ3v) is 5.80. The number of carbonyl (C=O) groups is 1. The van der Waals surface area contributed by atoms with Crippen molar-refractivity contribution in [2.45, 2.75) is 57.9 Å². The molecule has 1 saturated carbocycles. The maximum atomic E-state index is 11.9. The molecule has 1 heterocycles. The first-order valence-electron chi connectivity index (χ1n) is 7.41. The molecular formula is C15H22N2OS. The quantitative estimate of drug-likeness (QED) is 0.827. The Morgan fingerprint density at radius 2 is 1.95 bits per heavy atom. The minimum atomic E-state index is 0.245. The predicted octanol–water partition coefficient (Wildman–Crippen LogP) is 3.68. The van der Waals surface area contributed by atoms with Crippen molar-refractivity contribution >= 4 is 22.3 Å². The molecule has 0 radical (unpaired) electrons. The lowest BCUT2D eigenvalue weighted by Gasteiger charge is -2.33. The van der Waals surface area contributed by atoms with Gasteiger partial charge in [0.05, 0.1) is 0 Å². The molecule has 104 valence electrons. The zero-order valence-corrected chi connectivity index (χ0v) is 12.6. The first-order valence-corrected chi connectivity index (χ1v) is 8.22. The van der Waals surface area contributed by atoms with Crippen LogP contribution in [0.3, 0.4) is 0 Å². The van der Waals surface area contributed by atoms with Gasteiger partial charge in [-0.2, -0.15) is 0 Å². The summed E-state index contributed by atoms with van der Waals surface area (Å²) in [5.41, 5.74) is 0.766. The highest BCUT2D eigenvalue weighted by molar-refractivity contribution is 7.16. The van der Waals surface area contributed by atoms with Crippen LogP contribution in [0.2, 0.25) is 0 Å². The number of hydrogen-bond acceptors (Lipinski definition) is 4. The largest absolute Gasteiger partial charge is 0.348 e. The molecule has 0 aliphatic heterocycles. The van der Waals surface area contributed by atoms with Crippen LogP contribution < -0.4 is 4.90 Å². The van der Waals surface area contributed by atoms with Crippen LogP contribution in [0.1, 0.15) is 60.8 Å². The van der Waals surface area contributed by atoms with E-state index in [-0.39, 0.29) is 5.78 Å². The molecule has 0 unspecified atom stereocenters. The van der Waals surface area contributed by atoms with Crippen molar-refractivity contribution in [2.75, 3.05) is 11.9 Å². The van der Waals surface area contributed by atoms with E-state index in [1.807, 2.05) is 0 Å². The number of hydrogen-bond donors (Lipinski definition) is 0. The summed E-state index contributed by atoms with van der Waals surface area (Å²) >= 11 is 1.74. The molecule has 0 saturated heterocycles. The first-order chi connectivity index (χ1) is 9.15. The molecule has 1 aromatic rings. The van der Waals surface area contributed by atoms with Crippen LogP contribution in [0.4, 0.5) is 5.13 Å². The Kier molecular flexibility index (Phi) is 3.61. The summed E-state index contributed by atoms with van der Waals surface area (Å²) < 4.78 is 0. The Labute approximate surface area is 119 Å². The zero-order valence-electron chi connectivity index (χ0n) is 11.8. The summed E-state index contributed by atoms with van der Waals surface area (Å²) in [5, 5.41) is 1.06. The summed E-state index contributed by atoms with van der Waals surface area (Å²) in [7, 11) is 2.15. The lowest BCUT2D eigenvalue weighted by atomic mass is 9.87. The van der Waals surface area contributed by atoms with Crippen molar-refractivity contribution in [3.05, 3.63) is 10.6 Å². The number of thiazole rings is 1. The van der Waals surface area contributed by atoms with E-state index in [9.17, 15) is 4.79 Å². The van der Waals surface area contributed by atoms with E-state index in [0.29, 0.717) is 12.5 Å². The molecule has 0 N–H and O–H groups in total. The highest BCUT2D eigenvalue weighted by Crippen LogP contribution is 2.35. The van der Waals surface area contributed by atoms with Crippen molar-refractivity contribution in [1.82, 2.24) is 4.98 Å². The predicted molar refractivity (Wildman–Crippen MR) is 79.2 cm³/mol. The van der Waals surface area contributed by atoms with E-state index < -0.39 is 0 Å². The standard InChI is InChI=1S/C15H22N2OS/c1-10-6-8-11(9-7-10)17(2)15-16-14-12(18)4-3-5-13(14)19-15/h10-11H,3-9H2,1-2H3. The topological polar surface area (TPSA) is 33.2 Å². The van der Waals surface area contributed by atoms with Gasteiger partial charge in [-0.3, -0.25) is 4.79 Å². The van der Waals surface area contributed by atoms with E-state index in [2.05, 4.69) is 23.9 Å². The van der Waals surface area contributed by atoms with Crippen molar-refractivity contribution in [2.24, 2.45) is 5.92 Å². The minimum absolute atomic E-state index is 0.245. The zero-order chi connectivity index (χ0) is 13.4. The summed E-state index contributed by atoms with van der Waals surface area (Å²) in [4.78, 5) is 20.0. The normalized spacial score (nSPS) is 27.2. The number of Topliss-reactive ketones (excluding diaryl/α,β-unsaturated/α-hetero) is 1. The van der Waals surface area contributed by atoms with Crippen LogP contribution in [-0.2, 0) is 6.42 Å². The van der Waals surface area contributed by atoms with Crippen LogP contribution in [0, 0.1) is 5.92 Å². The lowest BCUT2D eigenvalue weighted by molar-refractivity contribution is 0.0968. The molecule has 19 heavy (non-hydrogen) atoms. The Morgan fingerprint density at radius 1 is 1.21 bits per heavy atom. The molecule has 2 aliphatic rings. The highest BCUT2D eigenvalue weighted by Gasteiger charge is 2.27. The molecular weight excluding hydrogens is 256 g/mol. The molecule has 0 bridgehead atoms. The Balaban J connectivity index is 1.77. The highest BCUT2D eigenvalue weighted by atomic mass is 32.1. The molecule has 2 aliphatic carbocycles. The van der Waals surface area contributed by atoms with Gasteiger partial charge in [-0.25, -0.2) is 4.98 Å². The fourth-order valence-corrected chi connectivity index (χ4v) is 4.34. The maximum Gasteiger partial charge on any atom is 0.186 e. The number of aromatic nitrogens is 1. The SMILES string of the molecule is CC1CCC(N(C)c2nc3c(s2)CCCC3=O)CC1. The number of ketones is 1. The molecule has 0 amide bonds. The second kappa shape index (κ2) is 5.23. The van der Waals surface area contributed by atoms with Crippen LogP contribution in [0.15, 0.2) is 0 Å². The molecule has 0 atom stereocenters. The van der Waals surface area contributed by atoms with Crippen molar-refractivity contribution in [3.63, 3.8) is 0 Å². The molecule has 0 aromatic carbocycles. The molecule has 1 aromatic heterocycles. The summed E-state index contributed by atoms with van der Waals surface area (Å²) in [5.74, 6) is 1.12. The van der Waals surface area contributed by atoms with E-state index in [1.54, 1.807) is 11.3 Å². The number of nitrogens with zero attached hydrogens (tertiary/aromatic N) is 2. The fourth-order valence-electron chi connectivity index (χ4n) is 3.19. The minimum Gasteiger partial charge on any atom is -0.348 e. The number of carbonyl (C=O) groups excluding carboxylic acids is 1. The van der Waals surface area contributed by atoms with Crippen LogP contribution in [0.25, 0.3) is 0 Å². The third-order valence-electron chi connectivity index (χ3n) is 4.59. The van der Waals surface area contributed by atoms with Crippen LogP contribution in [0.5, 0.6) is 0 Å². The number of rotatable bonds is 2. The van der Waals surface area contributed by atoms with Crippen LogP contribution >= 0.6 is 11.3 Å². The molecule has 3 rings (SSSR count). The first kappa shape index (κ1) is 13.1. The van der Waals surface area contributed by atoms with E-state index in [1.165, 1.54) is 30.6 Å². The van der Waals surface area contributed by atoms with Gasteiger partial charge in [0, 0.05) is 24.4 Å². The summed E-state index contributed by atoms with van der Waals surface area (Å²) in [6, 6.07) is 0.610. The molecule has 0 spiro atoms. The van der Waals surface area contributed by atoms with Gasteiger partial charge in [0.1, 0.15) is 5.69 Å². The van der Waals surface area contributed by atoms with E-state index in [0.717, 1.165) is 29.6 Å². The van der Waals surface area contributed by atoms with Crippen LogP contribution in [-0.4, -0.2) is 23.9 Å². The lowest BCUT2D eigenvalue weighted by Crippen LogP contribution is -2.34. The molecule has 1 fully saturated rings. The molecule has 4 heteroatoms. The second-order valence-electron chi connectivity index (χ2n) is 6.07. The van der Waals surface area contributed by atoms with E-state index in [4.69, 9.17) is 0 Å². The van der Waals surface area contributed by atoms with Gasteiger partial charge in [-0.15, -0.1) is 11.3 Å². The van der Waals surface area contributed by atoms with Gasteiger partial charge in [0.25, 0.3) is 0 Å². The van der Waals surface area contributed by atoms with E-state index >= 15 is 0 Å². The maximum absolute atomic E-state index is 11.9.